The number of nitrogens with zero attached hydrogens (tertiary/aromatic N) is 1. The lowest BCUT2D eigenvalue weighted by atomic mass is 9.99. The van der Waals surface area contributed by atoms with E-state index in [0.29, 0.717) is 51.4 Å². The average Bonchev–Trinajstić information content (AvgIpc) is 2.81. The number of halogens is 5. The van der Waals surface area contributed by atoms with Crippen molar-refractivity contribution in [2.75, 3.05) is 12.9 Å². The van der Waals surface area contributed by atoms with E-state index in [1.807, 2.05) is 6.07 Å². The summed E-state index contributed by atoms with van der Waals surface area (Å²) in [6.45, 7) is 0.243. The van der Waals surface area contributed by atoms with Gasteiger partial charge >= 0.3 is 16.3 Å². The van der Waals surface area contributed by atoms with Crippen molar-refractivity contribution in [2.45, 2.75) is 19.0 Å². The maximum atomic E-state index is 13.6. The fourth-order valence-electron chi connectivity index (χ4n) is 3.28. The van der Waals surface area contributed by atoms with Crippen LogP contribution in [0.3, 0.4) is 0 Å². The Balaban J connectivity index is 1.86. The highest BCUT2D eigenvalue weighted by molar-refractivity contribution is 7.86. The summed E-state index contributed by atoms with van der Waals surface area (Å²) in [6, 6.07) is 14.4. The third-order valence-corrected chi connectivity index (χ3v) is 5.96. The lowest BCUT2D eigenvalue weighted by molar-refractivity contribution is -0.137. The highest BCUT2D eigenvalue weighted by Crippen LogP contribution is 2.35. The topological polar surface area (TPSA) is 76.4 Å². The molecule has 192 valence electrons. The first kappa shape index (κ1) is 28.2. The van der Waals surface area contributed by atoms with Crippen LogP contribution in [0.4, 0.5) is 13.2 Å². The third kappa shape index (κ3) is 8.06. The van der Waals surface area contributed by atoms with Crippen LogP contribution in [-0.2, 0) is 22.7 Å². The van der Waals surface area contributed by atoms with E-state index >= 15 is 0 Å². The van der Waals surface area contributed by atoms with Gasteiger partial charge in [-0.05, 0) is 66.9 Å². The summed E-state index contributed by atoms with van der Waals surface area (Å²) in [5.74, 6) is 5.12. The number of hydrogen-bond acceptors (Lipinski definition) is 5. The molecule has 3 aromatic carbocycles. The second-order valence-electron chi connectivity index (χ2n) is 7.73. The number of rotatable bonds is 7. The van der Waals surface area contributed by atoms with Crippen molar-refractivity contribution in [1.82, 2.24) is 0 Å². The highest BCUT2D eigenvalue weighted by atomic mass is 35.5. The molecule has 0 aromatic heterocycles. The van der Waals surface area contributed by atoms with Gasteiger partial charge in [0, 0.05) is 11.1 Å². The molecule has 0 amide bonds. The van der Waals surface area contributed by atoms with Crippen LogP contribution in [0.25, 0.3) is 0 Å². The Morgan fingerprint density at radius 2 is 1.62 bits per heavy atom. The summed E-state index contributed by atoms with van der Waals surface area (Å²) < 4.78 is 73.7. The molecule has 37 heavy (non-hydrogen) atoms. The monoisotopic (exact) mass is 567 g/mol. The van der Waals surface area contributed by atoms with Crippen molar-refractivity contribution in [3.63, 3.8) is 0 Å². The summed E-state index contributed by atoms with van der Waals surface area (Å²) in [7, 11) is -4.01. The van der Waals surface area contributed by atoms with Crippen LogP contribution in [0.5, 0.6) is 11.5 Å². The van der Waals surface area contributed by atoms with E-state index in [4.69, 9.17) is 27.9 Å². The molecule has 0 aliphatic heterocycles. The van der Waals surface area contributed by atoms with Crippen molar-refractivity contribution >= 4 is 33.3 Å². The molecule has 0 radical (unpaired) electrons. The molecule has 0 fully saturated rings. The predicted molar refractivity (Wildman–Crippen MR) is 134 cm³/mol. The zero-order valence-corrected chi connectivity index (χ0v) is 21.5. The van der Waals surface area contributed by atoms with Crippen molar-refractivity contribution in [1.29, 1.82) is 5.26 Å². The second kappa shape index (κ2) is 11.8. The zero-order chi connectivity index (χ0) is 27.2. The van der Waals surface area contributed by atoms with Crippen LogP contribution in [0, 0.1) is 23.2 Å². The minimum absolute atomic E-state index is 0.243. The summed E-state index contributed by atoms with van der Waals surface area (Å²) in [6.07, 6.45) is -3.18. The van der Waals surface area contributed by atoms with Gasteiger partial charge in [-0.3, -0.25) is 0 Å². The first-order valence-corrected chi connectivity index (χ1v) is 13.2. The molecule has 0 unspecified atom stereocenters. The smallest absolute Gasteiger partial charge is 0.417 e. The minimum atomic E-state index is -4.80. The van der Waals surface area contributed by atoms with E-state index in [1.54, 1.807) is 30.3 Å². The first-order chi connectivity index (χ1) is 17.4. The number of ether oxygens (including phenoxy) is 1. The fraction of sp³-hybridized carbons (Fsp3) is 0.192. The molecule has 3 rings (SSSR count). The average molecular weight is 568 g/mol. The Hall–Kier alpha value is -3.37. The fourth-order valence-corrected chi connectivity index (χ4v) is 4.24. The molecule has 5 nitrogen and oxygen atoms in total. The van der Waals surface area contributed by atoms with E-state index in [1.165, 1.54) is 6.07 Å². The SMILES string of the molecule is CS(=O)(=O)Oc1ccc(C#Cc2ccc(C#N)cc2CCCOc2c(Cl)cccc2Cl)c(C(F)(F)F)c1. The minimum Gasteiger partial charge on any atom is -0.490 e. The standard InChI is InChI=1S/C26H18Cl2F3NO4S/c1-37(33,34)36-21-12-11-19(22(15-21)26(29,30)31)10-9-18-8-7-17(16-32)14-20(18)4-3-13-35-25-23(27)5-2-6-24(25)28/h2,5-8,11-12,14-15H,3-4,13H2,1H3. The van der Waals surface area contributed by atoms with E-state index in [-0.39, 0.29) is 12.2 Å². The van der Waals surface area contributed by atoms with Gasteiger partial charge in [0.25, 0.3) is 0 Å². The van der Waals surface area contributed by atoms with Crippen LogP contribution < -0.4 is 8.92 Å². The number of hydrogen-bond donors (Lipinski definition) is 0. The van der Waals surface area contributed by atoms with Gasteiger partial charge in [-0.2, -0.15) is 26.9 Å². The van der Waals surface area contributed by atoms with Crippen LogP contribution in [0.15, 0.2) is 54.6 Å². The Labute approximate surface area is 222 Å². The van der Waals surface area contributed by atoms with Crippen molar-refractivity contribution in [3.8, 4) is 29.4 Å². The van der Waals surface area contributed by atoms with Gasteiger partial charge in [0.15, 0.2) is 5.75 Å². The highest BCUT2D eigenvalue weighted by Gasteiger charge is 2.34. The lowest BCUT2D eigenvalue weighted by Gasteiger charge is -2.12. The molecule has 0 saturated carbocycles. The number of aryl methyl sites for hydroxylation is 1. The summed E-state index contributed by atoms with van der Waals surface area (Å²) in [4.78, 5) is 0. The molecule has 0 heterocycles. The Morgan fingerprint density at radius 1 is 0.973 bits per heavy atom. The van der Waals surface area contributed by atoms with Gasteiger partial charge in [0.05, 0.1) is 40.1 Å². The Kier molecular flexibility index (Phi) is 8.98. The quantitative estimate of drug-likeness (QED) is 0.182. The molecule has 0 atom stereocenters. The van der Waals surface area contributed by atoms with Gasteiger partial charge in [0.2, 0.25) is 0 Å². The van der Waals surface area contributed by atoms with E-state index in [2.05, 4.69) is 16.0 Å². The van der Waals surface area contributed by atoms with E-state index in [0.717, 1.165) is 18.4 Å². The van der Waals surface area contributed by atoms with Gasteiger partial charge < -0.3 is 8.92 Å². The molecule has 0 spiro atoms. The molecule has 3 aromatic rings. The molecule has 11 heteroatoms. The largest absolute Gasteiger partial charge is 0.490 e. The van der Waals surface area contributed by atoms with Crippen molar-refractivity contribution < 1.29 is 30.5 Å². The van der Waals surface area contributed by atoms with Crippen molar-refractivity contribution in [2.24, 2.45) is 0 Å². The first-order valence-electron chi connectivity index (χ1n) is 10.6. The normalized spacial score (nSPS) is 11.3. The van der Waals surface area contributed by atoms with Gasteiger partial charge in [0.1, 0.15) is 5.75 Å². The zero-order valence-electron chi connectivity index (χ0n) is 19.2. The number of para-hydroxylation sites is 1. The number of benzene rings is 3. The number of alkyl halides is 3. The lowest BCUT2D eigenvalue weighted by Crippen LogP contribution is -2.10. The van der Waals surface area contributed by atoms with E-state index < -0.39 is 27.6 Å². The van der Waals surface area contributed by atoms with Crippen LogP contribution in [0.2, 0.25) is 10.0 Å². The summed E-state index contributed by atoms with van der Waals surface area (Å²) >= 11 is 12.2. The maximum Gasteiger partial charge on any atom is 0.417 e. The molecule has 0 aliphatic rings. The number of nitriles is 1. The molecule has 0 aliphatic carbocycles. The Bertz CT molecular complexity index is 1500. The molecule has 0 saturated heterocycles. The predicted octanol–water partition coefficient (Wildman–Crippen LogP) is 6.63. The maximum absolute atomic E-state index is 13.6. The van der Waals surface area contributed by atoms with Gasteiger partial charge in [-0.15, -0.1) is 0 Å². The van der Waals surface area contributed by atoms with Crippen molar-refractivity contribution in [3.05, 3.63) is 92.5 Å². The van der Waals surface area contributed by atoms with Gasteiger partial charge in [-0.25, -0.2) is 0 Å². The van der Waals surface area contributed by atoms with Gasteiger partial charge in [-0.1, -0.05) is 41.1 Å². The van der Waals surface area contributed by atoms with E-state index in [9.17, 15) is 26.9 Å². The summed E-state index contributed by atoms with van der Waals surface area (Å²) in [5, 5.41) is 9.98. The molecule has 0 N–H and O–H groups in total. The van der Waals surface area contributed by atoms with Crippen LogP contribution in [-0.4, -0.2) is 21.3 Å². The molecular formula is C26H18Cl2F3NO4S. The second-order valence-corrected chi connectivity index (χ2v) is 10.1. The summed E-state index contributed by atoms with van der Waals surface area (Å²) in [5.41, 5.74) is -0.0547. The Morgan fingerprint density at radius 3 is 2.24 bits per heavy atom. The molecular weight excluding hydrogens is 550 g/mol. The van der Waals surface area contributed by atoms with Crippen LogP contribution in [0.1, 0.15) is 34.2 Å². The van der Waals surface area contributed by atoms with Crippen LogP contribution >= 0.6 is 23.2 Å². The third-order valence-electron chi connectivity index (χ3n) is 4.87. The molecule has 0 bridgehead atoms.